The maximum absolute atomic E-state index is 7.22. The summed E-state index contributed by atoms with van der Waals surface area (Å²) in [4.78, 5) is 5.54. The molecule has 5 nitrogen and oxygen atoms in total. The molecule has 1 fully saturated rings. The largest absolute Gasteiger partial charge is 0.367 e. The normalized spacial score (nSPS) is 27.4. The van der Waals surface area contributed by atoms with Crippen LogP contribution in [0.3, 0.4) is 0 Å². The Hall–Kier alpha value is -1.67. The highest BCUT2D eigenvalue weighted by atomic mass is 16.5. The molecule has 0 radical (unpaired) electrons. The van der Waals surface area contributed by atoms with E-state index in [1.807, 2.05) is 18.0 Å². The van der Waals surface area contributed by atoms with Crippen LogP contribution in [0.1, 0.15) is 90.9 Å². The molecule has 0 bridgehead atoms. The number of unbranched alkanes of at least 4 members (excludes halogenated alkanes) is 8. The lowest BCUT2D eigenvalue weighted by Crippen LogP contribution is -2.68. The Morgan fingerprint density at radius 3 is 2.23 bits per heavy atom. The number of allylic oxidation sites excluding steroid dienone is 1. The van der Waals surface area contributed by atoms with Gasteiger partial charge in [0, 0.05) is 18.2 Å². The van der Waals surface area contributed by atoms with Gasteiger partial charge in [-0.05, 0) is 36.2 Å². The number of hydrogen-bond acceptors (Lipinski definition) is 3. The summed E-state index contributed by atoms with van der Waals surface area (Å²) in [5, 5.41) is 4.24. The van der Waals surface area contributed by atoms with Crippen molar-refractivity contribution in [3.63, 3.8) is 0 Å². The van der Waals surface area contributed by atoms with Crippen molar-refractivity contribution in [3.05, 3.63) is 35.3 Å². The zero-order valence-corrected chi connectivity index (χ0v) is 19.5. The van der Waals surface area contributed by atoms with Gasteiger partial charge in [-0.1, -0.05) is 78.1 Å². The van der Waals surface area contributed by atoms with E-state index in [0.29, 0.717) is 6.67 Å². The van der Waals surface area contributed by atoms with Gasteiger partial charge in [0.15, 0.2) is 6.04 Å². The highest BCUT2D eigenvalue weighted by Gasteiger charge is 2.63. The van der Waals surface area contributed by atoms with Gasteiger partial charge in [0.1, 0.15) is 5.60 Å². The molecule has 5 heteroatoms. The molecular weight excluding hydrogens is 372 g/mol. The van der Waals surface area contributed by atoms with E-state index < -0.39 is 5.60 Å². The molecule has 30 heavy (non-hydrogen) atoms. The van der Waals surface area contributed by atoms with E-state index in [1.165, 1.54) is 70.6 Å². The highest BCUT2D eigenvalue weighted by molar-refractivity contribution is 5.37. The number of nitrogens with zero attached hydrogens (tertiary/aromatic N) is 3. The van der Waals surface area contributed by atoms with E-state index in [0.717, 1.165) is 18.7 Å². The fourth-order valence-corrected chi connectivity index (χ4v) is 5.10. The third-order valence-electron chi connectivity index (χ3n) is 7.07. The summed E-state index contributed by atoms with van der Waals surface area (Å²) >= 11 is 0. The van der Waals surface area contributed by atoms with Crippen molar-refractivity contribution in [1.29, 1.82) is 0 Å². The third-order valence-corrected chi connectivity index (χ3v) is 7.07. The van der Waals surface area contributed by atoms with E-state index in [-0.39, 0.29) is 11.5 Å². The Morgan fingerprint density at radius 2 is 1.70 bits per heavy atom. The second-order valence-corrected chi connectivity index (χ2v) is 9.21. The van der Waals surface area contributed by atoms with E-state index in [9.17, 15) is 0 Å². The Bertz CT molecular complexity index is 638. The minimum absolute atomic E-state index is 0.0913. The highest BCUT2D eigenvalue weighted by Crippen LogP contribution is 2.57. The summed E-state index contributed by atoms with van der Waals surface area (Å²) in [5.41, 5.74) is 6.56. The molecule has 0 aromatic heterocycles. The average Bonchev–Trinajstić information content (AvgIpc) is 2.76. The van der Waals surface area contributed by atoms with Crippen molar-refractivity contribution < 1.29 is 10.3 Å². The molecule has 0 saturated carbocycles. The molecule has 1 aliphatic heterocycles. The maximum atomic E-state index is 7.22. The first-order chi connectivity index (χ1) is 14.6. The fourth-order valence-electron chi connectivity index (χ4n) is 5.10. The SMILES string of the molecule is [C-]#[N+]CN(C)C1=CC2(OCC2(CCCCCC)CCCCCCCC)C(N=[NH2+])C=C1. The van der Waals surface area contributed by atoms with Crippen LogP contribution in [-0.2, 0) is 4.74 Å². The van der Waals surface area contributed by atoms with Crippen LogP contribution in [0.2, 0.25) is 0 Å². The summed E-state index contributed by atoms with van der Waals surface area (Å²) in [5.74, 6) is 0. The van der Waals surface area contributed by atoms with Gasteiger partial charge in [0.05, 0.1) is 6.61 Å². The van der Waals surface area contributed by atoms with Crippen molar-refractivity contribution in [3.8, 4) is 0 Å². The molecule has 1 heterocycles. The monoisotopic (exact) mass is 415 g/mol. The molecule has 0 aromatic carbocycles. The molecule has 3 unspecified atom stereocenters. The summed E-state index contributed by atoms with van der Waals surface area (Å²) in [7, 11) is 1.97. The van der Waals surface area contributed by atoms with Gasteiger partial charge in [-0.15, -0.1) is 0 Å². The van der Waals surface area contributed by atoms with E-state index in [4.69, 9.17) is 16.8 Å². The van der Waals surface area contributed by atoms with E-state index in [2.05, 4.69) is 36.0 Å². The Labute approximate surface area is 184 Å². The van der Waals surface area contributed by atoms with Crippen LogP contribution >= 0.6 is 0 Å². The predicted molar refractivity (Wildman–Crippen MR) is 122 cm³/mol. The molecule has 1 spiro atoms. The van der Waals surface area contributed by atoms with E-state index >= 15 is 0 Å². The lowest BCUT2D eigenvalue weighted by molar-refractivity contribution is -0.286. The zero-order valence-electron chi connectivity index (χ0n) is 19.5. The van der Waals surface area contributed by atoms with Gasteiger partial charge < -0.3 is 9.64 Å². The Kier molecular flexibility index (Phi) is 10.0. The second kappa shape index (κ2) is 12.2. The van der Waals surface area contributed by atoms with Gasteiger partial charge in [0.25, 0.3) is 6.67 Å². The molecule has 0 aromatic rings. The molecule has 2 N–H and O–H groups in total. The van der Waals surface area contributed by atoms with Crippen molar-refractivity contribution in [2.24, 2.45) is 10.5 Å². The third kappa shape index (κ3) is 5.52. The Morgan fingerprint density at radius 1 is 1.10 bits per heavy atom. The first-order valence-electron chi connectivity index (χ1n) is 12.1. The first kappa shape index (κ1) is 24.6. The molecule has 0 amide bonds. The van der Waals surface area contributed by atoms with Crippen LogP contribution in [0.5, 0.6) is 0 Å². The van der Waals surface area contributed by atoms with Gasteiger partial charge in [-0.25, -0.2) is 6.57 Å². The summed E-state index contributed by atoms with van der Waals surface area (Å²) in [6.07, 6.45) is 21.6. The maximum Gasteiger partial charge on any atom is 0.289 e. The average molecular weight is 416 g/mol. The van der Waals surface area contributed by atoms with Crippen molar-refractivity contribution >= 4 is 0 Å². The van der Waals surface area contributed by atoms with E-state index in [1.54, 1.807) is 0 Å². The van der Waals surface area contributed by atoms with Crippen LogP contribution in [0.4, 0.5) is 0 Å². The van der Waals surface area contributed by atoms with Crippen LogP contribution in [0.25, 0.3) is 4.85 Å². The molecule has 3 atom stereocenters. The molecule has 2 aliphatic rings. The number of nitrogens with two attached hydrogens (primary N) is 1. The molecule has 2 rings (SSSR count). The predicted octanol–water partition coefficient (Wildman–Crippen LogP) is 5.30. The number of ether oxygens (including phenoxy) is 1. The van der Waals surface area contributed by atoms with Gasteiger partial charge in [0.2, 0.25) is 0 Å². The van der Waals surface area contributed by atoms with Crippen LogP contribution in [0, 0.1) is 12.0 Å². The minimum atomic E-state index is -0.461. The Balaban J connectivity index is 2.19. The van der Waals surface area contributed by atoms with Gasteiger partial charge >= 0.3 is 0 Å². The number of likely N-dealkylation sites (N-methyl/N-ethyl adjacent to an activating group) is 1. The lowest BCUT2D eigenvalue weighted by atomic mass is 9.58. The van der Waals surface area contributed by atoms with Crippen LogP contribution in [0.15, 0.2) is 29.0 Å². The standard InChI is InChI=1S/C25H42N4O/c1-5-7-9-11-12-14-18-24(17-13-10-8-6-2)20-30-25(24)19-22(29(4)21-27-3)15-16-23(25)28-26/h15-16,19,23,26H,5-14,17-18,20-21H2,1-2,4H3/p+1. The molecule has 1 aliphatic carbocycles. The fraction of sp³-hybridized carbons (Fsp3) is 0.800. The molecule has 1 saturated heterocycles. The quantitative estimate of drug-likeness (QED) is 0.224. The topological polar surface area (TPSA) is 54.8 Å². The van der Waals surface area contributed by atoms with Gasteiger partial charge in [-0.2, -0.15) is 5.53 Å². The van der Waals surface area contributed by atoms with Crippen molar-refractivity contribution in [2.75, 3.05) is 20.3 Å². The smallest absolute Gasteiger partial charge is 0.289 e. The zero-order chi connectivity index (χ0) is 21.9. The summed E-state index contributed by atoms with van der Waals surface area (Å²) in [6, 6.07) is -0.150. The number of hydrogen-bond donors (Lipinski definition) is 1. The summed E-state index contributed by atoms with van der Waals surface area (Å²) < 4.78 is 6.38. The van der Waals surface area contributed by atoms with Crippen molar-refractivity contribution in [2.45, 2.75) is 103 Å². The minimum Gasteiger partial charge on any atom is -0.367 e. The van der Waals surface area contributed by atoms with Gasteiger partial charge in [-0.3, -0.25) is 4.85 Å². The molecular formula is C25H43N4O+. The lowest BCUT2D eigenvalue weighted by Gasteiger charge is -2.60. The van der Waals surface area contributed by atoms with Crippen molar-refractivity contribution in [1.82, 2.24) is 4.90 Å². The second-order valence-electron chi connectivity index (χ2n) is 9.21. The summed E-state index contributed by atoms with van der Waals surface area (Å²) in [6.45, 7) is 12.9. The number of rotatable bonds is 15. The molecule has 168 valence electrons. The first-order valence-corrected chi connectivity index (χ1v) is 12.1. The van der Waals surface area contributed by atoms with Crippen LogP contribution < -0.4 is 5.53 Å². The van der Waals surface area contributed by atoms with Crippen LogP contribution in [-0.4, -0.2) is 36.9 Å².